The highest BCUT2D eigenvalue weighted by atomic mass is 16.2. The number of hydrogen-bond acceptors (Lipinski definition) is 3. The van der Waals surface area contributed by atoms with E-state index in [1.54, 1.807) is 6.07 Å². The van der Waals surface area contributed by atoms with Crippen molar-refractivity contribution < 1.29 is 9.59 Å². The molecule has 0 unspecified atom stereocenters. The fraction of sp³-hybridized carbons (Fsp3) is 0.333. The van der Waals surface area contributed by atoms with Crippen LogP contribution in [0.1, 0.15) is 28.8 Å². The highest BCUT2D eigenvalue weighted by molar-refractivity contribution is 6.02. The molecule has 0 atom stereocenters. The first kappa shape index (κ1) is 18.0. The highest BCUT2D eigenvalue weighted by Crippen LogP contribution is 2.31. The summed E-state index contributed by atoms with van der Waals surface area (Å²) in [5, 5.41) is 5.89. The summed E-state index contributed by atoms with van der Waals surface area (Å²) in [6, 6.07) is 15.5. The van der Waals surface area contributed by atoms with E-state index in [1.807, 2.05) is 61.5 Å². The van der Waals surface area contributed by atoms with Gasteiger partial charge in [-0.3, -0.25) is 9.59 Å². The number of amides is 2. The van der Waals surface area contributed by atoms with Crippen LogP contribution in [0, 0.1) is 5.92 Å². The molecule has 0 bridgehead atoms. The van der Waals surface area contributed by atoms with Crippen molar-refractivity contribution in [2.24, 2.45) is 5.92 Å². The van der Waals surface area contributed by atoms with Crippen LogP contribution in [0.4, 0.5) is 11.4 Å². The number of benzene rings is 2. The number of carbonyl (C=O) groups is 2. The molecule has 0 aromatic heterocycles. The van der Waals surface area contributed by atoms with E-state index >= 15 is 0 Å². The Morgan fingerprint density at radius 1 is 1.08 bits per heavy atom. The zero-order valence-electron chi connectivity index (χ0n) is 15.3. The summed E-state index contributed by atoms with van der Waals surface area (Å²) >= 11 is 0. The van der Waals surface area contributed by atoms with Gasteiger partial charge in [-0.2, -0.15) is 0 Å². The van der Waals surface area contributed by atoms with E-state index in [-0.39, 0.29) is 17.7 Å². The molecule has 1 aliphatic carbocycles. The van der Waals surface area contributed by atoms with Crippen molar-refractivity contribution in [1.82, 2.24) is 5.32 Å². The van der Waals surface area contributed by atoms with Crippen LogP contribution in [0.15, 0.2) is 48.5 Å². The Labute approximate surface area is 154 Å². The van der Waals surface area contributed by atoms with E-state index < -0.39 is 0 Å². The number of anilines is 2. The first-order valence-corrected chi connectivity index (χ1v) is 8.99. The van der Waals surface area contributed by atoms with Gasteiger partial charge in [-0.25, -0.2) is 0 Å². The number of rotatable bonds is 7. The van der Waals surface area contributed by atoms with Gasteiger partial charge in [0.25, 0.3) is 5.91 Å². The van der Waals surface area contributed by atoms with Crippen molar-refractivity contribution in [3.8, 4) is 0 Å². The third-order valence-electron chi connectivity index (χ3n) is 4.48. The predicted octanol–water partition coefficient (Wildman–Crippen LogP) is 3.07. The Hall–Kier alpha value is -2.82. The van der Waals surface area contributed by atoms with E-state index in [0.717, 1.165) is 24.9 Å². The minimum Gasteiger partial charge on any atom is -0.377 e. The van der Waals surface area contributed by atoms with Crippen LogP contribution in [0.25, 0.3) is 0 Å². The van der Waals surface area contributed by atoms with E-state index in [9.17, 15) is 9.59 Å². The molecule has 1 saturated carbocycles. The van der Waals surface area contributed by atoms with Crippen LogP contribution in [0.5, 0.6) is 0 Å². The molecular formula is C21H25N3O2. The third kappa shape index (κ3) is 4.63. The van der Waals surface area contributed by atoms with Gasteiger partial charge in [0.2, 0.25) is 5.91 Å². The molecule has 0 aliphatic heterocycles. The SMILES string of the molecule is CN(C)c1ccc(NC(=O)C2CC2)cc1C(=O)NCCc1ccccc1. The second-order valence-corrected chi connectivity index (χ2v) is 6.88. The van der Waals surface area contributed by atoms with Crippen LogP contribution < -0.4 is 15.5 Å². The van der Waals surface area contributed by atoms with Gasteiger partial charge in [-0.05, 0) is 43.0 Å². The molecule has 1 aliphatic rings. The molecule has 0 saturated heterocycles. The smallest absolute Gasteiger partial charge is 0.253 e. The van der Waals surface area contributed by atoms with Gasteiger partial charge in [0.1, 0.15) is 0 Å². The summed E-state index contributed by atoms with van der Waals surface area (Å²) in [5.74, 6) is 0.0388. The van der Waals surface area contributed by atoms with Crippen LogP contribution in [-0.4, -0.2) is 32.5 Å². The maximum absolute atomic E-state index is 12.7. The summed E-state index contributed by atoms with van der Waals surface area (Å²) < 4.78 is 0. The summed E-state index contributed by atoms with van der Waals surface area (Å²) in [5.41, 5.74) is 3.25. The second-order valence-electron chi connectivity index (χ2n) is 6.88. The quantitative estimate of drug-likeness (QED) is 0.806. The van der Waals surface area contributed by atoms with Crippen LogP contribution >= 0.6 is 0 Å². The first-order valence-electron chi connectivity index (χ1n) is 8.99. The minimum atomic E-state index is -0.132. The Kier molecular flexibility index (Phi) is 5.56. The van der Waals surface area contributed by atoms with Crippen molar-refractivity contribution >= 4 is 23.2 Å². The van der Waals surface area contributed by atoms with E-state index in [0.29, 0.717) is 17.8 Å². The largest absolute Gasteiger partial charge is 0.377 e. The van der Waals surface area contributed by atoms with Gasteiger partial charge in [-0.15, -0.1) is 0 Å². The van der Waals surface area contributed by atoms with Gasteiger partial charge in [0.15, 0.2) is 0 Å². The lowest BCUT2D eigenvalue weighted by molar-refractivity contribution is -0.117. The maximum Gasteiger partial charge on any atom is 0.253 e. The Bertz CT molecular complexity index is 783. The average molecular weight is 351 g/mol. The monoisotopic (exact) mass is 351 g/mol. The lowest BCUT2D eigenvalue weighted by Crippen LogP contribution is -2.28. The molecule has 2 aromatic carbocycles. The van der Waals surface area contributed by atoms with Crippen molar-refractivity contribution in [2.75, 3.05) is 30.9 Å². The molecule has 136 valence electrons. The van der Waals surface area contributed by atoms with Gasteiger partial charge in [0.05, 0.1) is 5.56 Å². The Balaban J connectivity index is 1.68. The predicted molar refractivity (Wildman–Crippen MR) is 105 cm³/mol. The van der Waals surface area contributed by atoms with Crippen LogP contribution in [-0.2, 0) is 11.2 Å². The van der Waals surface area contributed by atoms with Crippen molar-refractivity contribution in [1.29, 1.82) is 0 Å². The standard InChI is InChI=1S/C21H25N3O2/c1-24(2)19-11-10-17(23-20(25)16-8-9-16)14-18(19)21(26)22-13-12-15-6-4-3-5-7-15/h3-7,10-11,14,16H,8-9,12-13H2,1-2H3,(H,22,26)(H,23,25). The number of nitrogens with one attached hydrogen (secondary N) is 2. The number of nitrogens with zero attached hydrogens (tertiary/aromatic N) is 1. The zero-order valence-corrected chi connectivity index (χ0v) is 15.3. The van der Waals surface area contributed by atoms with Crippen molar-refractivity contribution in [3.05, 3.63) is 59.7 Å². The van der Waals surface area contributed by atoms with Crippen LogP contribution in [0.3, 0.4) is 0 Å². The first-order chi connectivity index (χ1) is 12.5. The van der Waals surface area contributed by atoms with E-state index in [2.05, 4.69) is 10.6 Å². The fourth-order valence-corrected chi connectivity index (χ4v) is 2.84. The Morgan fingerprint density at radius 3 is 2.46 bits per heavy atom. The van der Waals surface area contributed by atoms with Gasteiger partial charge in [-0.1, -0.05) is 30.3 Å². The average Bonchev–Trinajstić information content (AvgIpc) is 3.47. The van der Waals surface area contributed by atoms with Crippen molar-refractivity contribution in [2.45, 2.75) is 19.3 Å². The molecule has 3 rings (SSSR count). The molecule has 5 nitrogen and oxygen atoms in total. The molecule has 0 spiro atoms. The summed E-state index contributed by atoms with van der Waals surface area (Å²) in [4.78, 5) is 26.6. The molecule has 1 fully saturated rings. The van der Waals surface area contributed by atoms with E-state index in [4.69, 9.17) is 0 Å². The molecule has 5 heteroatoms. The Morgan fingerprint density at radius 2 is 1.81 bits per heavy atom. The normalized spacial score (nSPS) is 13.2. The molecule has 0 radical (unpaired) electrons. The summed E-state index contributed by atoms with van der Waals surface area (Å²) in [6.07, 6.45) is 2.69. The van der Waals surface area contributed by atoms with Crippen molar-refractivity contribution in [3.63, 3.8) is 0 Å². The third-order valence-corrected chi connectivity index (χ3v) is 4.48. The molecule has 2 amide bonds. The summed E-state index contributed by atoms with van der Waals surface area (Å²) in [7, 11) is 3.80. The maximum atomic E-state index is 12.7. The van der Waals surface area contributed by atoms with Gasteiger partial charge < -0.3 is 15.5 Å². The highest BCUT2D eigenvalue weighted by Gasteiger charge is 2.29. The number of hydrogen-bond donors (Lipinski definition) is 2. The fourth-order valence-electron chi connectivity index (χ4n) is 2.84. The molecule has 0 heterocycles. The van der Waals surface area contributed by atoms with E-state index in [1.165, 1.54) is 5.56 Å². The molecule has 2 aromatic rings. The molecule has 2 N–H and O–H groups in total. The lowest BCUT2D eigenvalue weighted by atomic mass is 10.1. The lowest BCUT2D eigenvalue weighted by Gasteiger charge is -2.18. The zero-order chi connectivity index (χ0) is 18.5. The number of carbonyl (C=O) groups excluding carboxylic acids is 2. The molecular weight excluding hydrogens is 326 g/mol. The summed E-state index contributed by atoms with van der Waals surface area (Å²) in [6.45, 7) is 0.564. The minimum absolute atomic E-state index is 0.0399. The van der Waals surface area contributed by atoms with Gasteiger partial charge >= 0.3 is 0 Å². The second kappa shape index (κ2) is 8.04. The topological polar surface area (TPSA) is 61.4 Å². The molecule has 26 heavy (non-hydrogen) atoms. The van der Waals surface area contributed by atoms with Gasteiger partial charge in [0, 0.05) is 37.9 Å². The van der Waals surface area contributed by atoms with Crippen LogP contribution in [0.2, 0.25) is 0 Å².